The van der Waals surface area contributed by atoms with Crippen LogP contribution in [0, 0.1) is 0 Å². The molecule has 10 heteroatoms. The second-order valence-electron chi connectivity index (χ2n) is 4.18. The van der Waals surface area contributed by atoms with E-state index in [9.17, 15) is 14.4 Å². The largest absolute Gasteiger partial charge is 0.444 e. The van der Waals surface area contributed by atoms with Crippen molar-refractivity contribution in [3.63, 3.8) is 0 Å². The number of anilines is 2. The SMILES string of the molecule is CC(=O)CSc1nc(N)c(NC(=O)c2ccc(Br)o2)c(=O)[nH]1. The normalized spacial score (nSPS) is 10.5. The third-order valence-corrected chi connectivity index (χ3v) is 3.82. The molecule has 0 atom stereocenters. The first-order chi connectivity index (χ1) is 10.4. The predicted molar refractivity (Wildman–Crippen MR) is 85.0 cm³/mol. The Balaban J connectivity index is 2.19. The topological polar surface area (TPSA) is 131 Å². The second-order valence-corrected chi connectivity index (χ2v) is 5.93. The maximum atomic E-state index is 11.9. The summed E-state index contributed by atoms with van der Waals surface area (Å²) in [7, 11) is 0. The van der Waals surface area contributed by atoms with Crippen LogP contribution in [0.1, 0.15) is 17.5 Å². The van der Waals surface area contributed by atoms with E-state index in [4.69, 9.17) is 10.2 Å². The van der Waals surface area contributed by atoms with E-state index < -0.39 is 11.5 Å². The lowest BCUT2D eigenvalue weighted by atomic mass is 10.4. The van der Waals surface area contributed by atoms with E-state index in [1.165, 1.54) is 13.0 Å². The lowest BCUT2D eigenvalue weighted by Crippen LogP contribution is -2.22. The van der Waals surface area contributed by atoms with E-state index >= 15 is 0 Å². The van der Waals surface area contributed by atoms with Crippen molar-refractivity contribution in [1.29, 1.82) is 0 Å². The molecule has 0 bridgehead atoms. The van der Waals surface area contributed by atoms with Crippen LogP contribution in [-0.4, -0.2) is 27.4 Å². The van der Waals surface area contributed by atoms with Gasteiger partial charge in [-0.3, -0.25) is 19.4 Å². The van der Waals surface area contributed by atoms with E-state index in [0.717, 1.165) is 11.8 Å². The smallest absolute Gasteiger partial charge is 0.291 e. The number of nitrogens with one attached hydrogen (secondary N) is 2. The fourth-order valence-electron chi connectivity index (χ4n) is 1.44. The van der Waals surface area contributed by atoms with Crippen LogP contribution in [0.25, 0.3) is 0 Å². The lowest BCUT2D eigenvalue weighted by molar-refractivity contribution is -0.114. The molecule has 0 radical (unpaired) electrons. The monoisotopic (exact) mass is 386 g/mol. The maximum Gasteiger partial charge on any atom is 0.291 e. The van der Waals surface area contributed by atoms with Gasteiger partial charge in [-0.1, -0.05) is 11.8 Å². The van der Waals surface area contributed by atoms with E-state index in [1.807, 2.05) is 0 Å². The van der Waals surface area contributed by atoms with Crippen LogP contribution in [0.2, 0.25) is 0 Å². The Labute approximate surface area is 137 Å². The molecule has 0 aliphatic rings. The third kappa shape index (κ3) is 3.98. The van der Waals surface area contributed by atoms with Gasteiger partial charge in [0.15, 0.2) is 27.1 Å². The van der Waals surface area contributed by atoms with Gasteiger partial charge in [0.05, 0.1) is 5.75 Å². The van der Waals surface area contributed by atoms with E-state index in [1.54, 1.807) is 6.07 Å². The molecule has 22 heavy (non-hydrogen) atoms. The molecular formula is C12H11BrN4O4S. The number of carbonyl (C=O) groups excluding carboxylic acids is 2. The highest BCUT2D eigenvalue weighted by atomic mass is 79.9. The molecule has 0 spiro atoms. The molecular weight excluding hydrogens is 376 g/mol. The van der Waals surface area contributed by atoms with Crippen molar-refractivity contribution in [1.82, 2.24) is 9.97 Å². The maximum absolute atomic E-state index is 11.9. The van der Waals surface area contributed by atoms with Gasteiger partial charge in [0, 0.05) is 0 Å². The van der Waals surface area contributed by atoms with Gasteiger partial charge in [-0.25, -0.2) is 4.98 Å². The highest BCUT2D eigenvalue weighted by molar-refractivity contribution is 9.10. The quantitative estimate of drug-likeness (QED) is 0.525. The van der Waals surface area contributed by atoms with Crippen molar-refractivity contribution in [3.8, 4) is 0 Å². The Bertz CT molecular complexity index is 786. The van der Waals surface area contributed by atoms with Crippen molar-refractivity contribution in [2.24, 2.45) is 0 Å². The van der Waals surface area contributed by atoms with Gasteiger partial charge in [-0.05, 0) is 35.0 Å². The molecule has 4 N–H and O–H groups in total. The number of rotatable bonds is 5. The summed E-state index contributed by atoms with van der Waals surface area (Å²) in [6.07, 6.45) is 0. The number of carbonyl (C=O) groups is 2. The minimum atomic E-state index is -0.631. The van der Waals surface area contributed by atoms with Crippen LogP contribution in [-0.2, 0) is 4.79 Å². The molecule has 0 aliphatic carbocycles. The molecule has 0 unspecified atom stereocenters. The minimum Gasteiger partial charge on any atom is -0.444 e. The van der Waals surface area contributed by atoms with Gasteiger partial charge in [0.25, 0.3) is 11.5 Å². The van der Waals surface area contributed by atoms with Crippen molar-refractivity contribution >= 4 is 50.9 Å². The number of halogens is 1. The van der Waals surface area contributed by atoms with Crippen molar-refractivity contribution in [2.45, 2.75) is 12.1 Å². The van der Waals surface area contributed by atoms with Crippen LogP contribution in [0.3, 0.4) is 0 Å². The number of furan rings is 1. The molecule has 0 saturated heterocycles. The third-order valence-electron chi connectivity index (χ3n) is 2.37. The summed E-state index contributed by atoms with van der Waals surface area (Å²) >= 11 is 4.12. The Morgan fingerprint density at radius 1 is 1.50 bits per heavy atom. The Morgan fingerprint density at radius 2 is 2.23 bits per heavy atom. The van der Waals surface area contributed by atoms with E-state index in [2.05, 4.69) is 31.2 Å². The first-order valence-electron chi connectivity index (χ1n) is 5.95. The number of H-pyrrole nitrogens is 1. The Kier molecular flexibility index (Phi) is 5.03. The number of amides is 1. The highest BCUT2D eigenvalue weighted by Crippen LogP contribution is 2.19. The fraction of sp³-hybridized carbons (Fsp3) is 0.167. The number of ketones is 1. The number of aromatic nitrogens is 2. The zero-order chi connectivity index (χ0) is 16.3. The molecule has 2 aromatic rings. The van der Waals surface area contributed by atoms with Gasteiger partial charge in [0.2, 0.25) is 0 Å². The lowest BCUT2D eigenvalue weighted by Gasteiger charge is -2.06. The molecule has 2 heterocycles. The molecule has 8 nitrogen and oxygen atoms in total. The van der Waals surface area contributed by atoms with Crippen molar-refractivity contribution in [3.05, 3.63) is 32.9 Å². The van der Waals surface area contributed by atoms with Crippen LogP contribution < -0.4 is 16.6 Å². The highest BCUT2D eigenvalue weighted by Gasteiger charge is 2.16. The summed E-state index contributed by atoms with van der Waals surface area (Å²) in [5.41, 5.74) is 4.89. The summed E-state index contributed by atoms with van der Waals surface area (Å²) in [4.78, 5) is 41.2. The molecule has 2 aromatic heterocycles. The van der Waals surface area contributed by atoms with Crippen LogP contribution >= 0.6 is 27.7 Å². The number of Topliss-reactive ketones (excluding diaryl/α,β-unsaturated/α-hetero) is 1. The fourth-order valence-corrected chi connectivity index (χ4v) is 2.41. The first-order valence-corrected chi connectivity index (χ1v) is 7.73. The number of hydrogen-bond donors (Lipinski definition) is 3. The van der Waals surface area contributed by atoms with Crippen molar-refractivity contribution < 1.29 is 14.0 Å². The molecule has 116 valence electrons. The summed E-state index contributed by atoms with van der Waals surface area (Å²) in [6, 6.07) is 2.98. The summed E-state index contributed by atoms with van der Waals surface area (Å²) in [6.45, 7) is 1.42. The summed E-state index contributed by atoms with van der Waals surface area (Å²) in [5.74, 6) is -0.663. The molecule has 0 saturated carbocycles. The molecule has 0 fully saturated rings. The van der Waals surface area contributed by atoms with Crippen LogP contribution in [0.15, 0.2) is 31.2 Å². The van der Waals surface area contributed by atoms with Crippen LogP contribution in [0.5, 0.6) is 0 Å². The number of thioether (sulfide) groups is 1. The Hall–Kier alpha value is -2.07. The first kappa shape index (κ1) is 16.3. The zero-order valence-electron chi connectivity index (χ0n) is 11.3. The van der Waals surface area contributed by atoms with Crippen LogP contribution in [0.4, 0.5) is 11.5 Å². The van der Waals surface area contributed by atoms with Gasteiger partial charge in [0.1, 0.15) is 5.78 Å². The number of nitrogens with two attached hydrogens (primary N) is 1. The molecule has 0 aromatic carbocycles. The number of nitrogen functional groups attached to an aromatic ring is 1. The molecule has 1 amide bonds. The van der Waals surface area contributed by atoms with E-state index in [0.29, 0.717) is 4.67 Å². The molecule has 0 aliphatic heterocycles. The zero-order valence-corrected chi connectivity index (χ0v) is 13.7. The average Bonchev–Trinajstić information content (AvgIpc) is 2.87. The number of aromatic amines is 1. The van der Waals surface area contributed by atoms with Gasteiger partial charge in [-0.15, -0.1) is 0 Å². The van der Waals surface area contributed by atoms with Crippen molar-refractivity contribution in [2.75, 3.05) is 16.8 Å². The number of hydrogen-bond acceptors (Lipinski definition) is 7. The minimum absolute atomic E-state index is 0.0145. The number of nitrogens with zero attached hydrogens (tertiary/aromatic N) is 1. The van der Waals surface area contributed by atoms with E-state index in [-0.39, 0.29) is 34.0 Å². The Morgan fingerprint density at radius 3 is 2.77 bits per heavy atom. The van der Waals surface area contributed by atoms with Gasteiger partial charge < -0.3 is 15.5 Å². The van der Waals surface area contributed by atoms with Gasteiger partial charge in [-0.2, -0.15) is 0 Å². The van der Waals surface area contributed by atoms with Gasteiger partial charge >= 0.3 is 0 Å². The summed E-state index contributed by atoms with van der Waals surface area (Å²) < 4.78 is 5.46. The summed E-state index contributed by atoms with van der Waals surface area (Å²) in [5, 5.41) is 2.54. The molecule has 2 rings (SSSR count). The second kappa shape index (κ2) is 6.79. The predicted octanol–water partition coefficient (Wildman–Crippen LogP) is 1.64. The standard InChI is InChI=1S/C12H11BrN4O4S/c1-5(18)4-22-12-16-9(14)8(11(20)17-12)15-10(19)6-2-3-7(13)21-6/h2-3H,4H2,1H3,(H,15,19)(H3,14,16,17,20). The average molecular weight is 387 g/mol.